The number of carbonyl (C=O) groups excluding carboxylic acids is 1. The molecule has 0 atom stereocenters. The topological polar surface area (TPSA) is 29.5 Å². The number of esters is 1. The summed E-state index contributed by atoms with van der Waals surface area (Å²) in [6, 6.07) is 0. The lowest BCUT2D eigenvalue weighted by molar-refractivity contribution is -0.155. The Morgan fingerprint density at radius 1 is 1.22 bits per heavy atom. The first kappa shape index (κ1) is 13.9. The van der Waals surface area contributed by atoms with Gasteiger partial charge in [0.2, 0.25) is 0 Å². The van der Waals surface area contributed by atoms with Gasteiger partial charge in [-0.1, -0.05) is 12.8 Å². The van der Waals surface area contributed by atoms with E-state index in [2.05, 4.69) is 4.90 Å². The molecular formula is C15H27NO2. The maximum Gasteiger partial charge on any atom is 0.307 e. The minimum Gasteiger partial charge on any atom is -0.460 e. The number of likely N-dealkylation sites (tertiary alicyclic amines) is 1. The van der Waals surface area contributed by atoms with Crippen molar-refractivity contribution in [1.29, 1.82) is 0 Å². The summed E-state index contributed by atoms with van der Waals surface area (Å²) < 4.78 is 5.35. The molecule has 2 aliphatic rings. The van der Waals surface area contributed by atoms with Crippen LogP contribution in [0.5, 0.6) is 0 Å². The van der Waals surface area contributed by atoms with E-state index in [1.54, 1.807) is 0 Å². The molecule has 0 unspecified atom stereocenters. The van der Waals surface area contributed by atoms with Crippen LogP contribution in [0, 0.1) is 5.41 Å². The van der Waals surface area contributed by atoms with Gasteiger partial charge < -0.3 is 9.64 Å². The molecule has 1 saturated heterocycles. The lowest BCUT2D eigenvalue weighted by Crippen LogP contribution is -2.30. The van der Waals surface area contributed by atoms with Crippen LogP contribution in [0.15, 0.2) is 0 Å². The Kier molecular flexibility index (Phi) is 4.00. The molecule has 1 spiro atoms. The predicted octanol–water partition coefficient (Wildman–Crippen LogP) is 2.98. The van der Waals surface area contributed by atoms with Crippen molar-refractivity contribution in [3.8, 4) is 0 Å². The summed E-state index contributed by atoms with van der Waals surface area (Å²) in [6.07, 6.45) is 7.47. The molecule has 1 aliphatic carbocycles. The van der Waals surface area contributed by atoms with Crippen molar-refractivity contribution in [2.45, 2.75) is 64.9 Å². The van der Waals surface area contributed by atoms with Crippen LogP contribution in [0.2, 0.25) is 0 Å². The van der Waals surface area contributed by atoms with Crippen molar-refractivity contribution in [3.05, 3.63) is 0 Å². The van der Waals surface area contributed by atoms with E-state index >= 15 is 0 Å². The highest BCUT2D eigenvalue weighted by molar-refractivity contribution is 5.70. The molecule has 0 radical (unpaired) electrons. The first-order valence-electron chi connectivity index (χ1n) is 7.33. The highest BCUT2D eigenvalue weighted by Gasteiger charge is 2.39. The molecule has 0 aromatic carbocycles. The second kappa shape index (κ2) is 5.20. The van der Waals surface area contributed by atoms with E-state index in [-0.39, 0.29) is 11.6 Å². The van der Waals surface area contributed by atoms with Crippen LogP contribution in [0.4, 0.5) is 0 Å². The van der Waals surface area contributed by atoms with E-state index < -0.39 is 0 Å². The van der Waals surface area contributed by atoms with Crippen molar-refractivity contribution >= 4 is 5.97 Å². The quantitative estimate of drug-likeness (QED) is 0.724. The summed E-state index contributed by atoms with van der Waals surface area (Å²) in [5.41, 5.74) is 0.253. The summed E-state index contributed by atoms with van der Waals surface area (Å²) in [5, 5.41) is 0. The fourth-order valence-electron chi connectivity index (χ4n) is 3.39. The molecule has 0 N–H and O–H groups in total. The van der Waals surface area contributed by atoms with Crippen molar-refractivity contribution < 1.29 is 9.53 Å². The van der Waals surface area contributed by atoms with Gasteiger partial charge in [-0.2, -0.15) is 0 Å². The van der Waals surface area contributed by atoms with Crippen LogP contribution in [0.3, 0.4) is 0 Å². The minimum absolute atomic E-state index is 0.0603. The molecule has 3 heteroatoms. The average Bonchev–Trinajstić information content (AvgIpc) is 2.85. The molecule has 104 valence electrons. The van der Waals surface area contributed by atoms with Crippen LogP contribution in [-0.2, 0) is 9.53 Å². The molecular weight excluding hydrogens is 226 g/mol. The summed E-state index contributed by atoms with van der Waals surface area (Å²) in [5.74, 6) is -0.0603. The third-order valence-electron chi connectivity index (χ3n) is 4.23. The SMILES string of the molecule is CC(C)(C)OC(=O)CCN1CCC2(CCCC2)C1. The van der Waals surface area contributed by atoms with Gasteiger partial charge in [-0.05, 0) is 52.0 Å². The van der Waals surface area contributed by atoms with Gasteiger partial charge in [0, 0.05) is 13.1 Å². The Balaban J connectivity index is 1.70. The van der Waals surface area contributed by atoms with Crippen LogP contribution in [0.1, 0.15) is 59.3 Å². The molecule has 1 heterocycles. The lowest BCUT2D eigenvalue weighted by Gasteiger charge is -2.24. The highest BCUT2D eigenvalue weighted by Crippen LogP contribution is 2.45. The monoisotopic (exact) mass is 253 g/mol. The molecule has 3 nitrogen and oxygen atoms in total. The normalized spacial score (nSPS) is 23.7. The number of hydrogen-bond acceptors (Lipinski definition) is 3. The van der Waals surface area contributed by atoms with Gasteiger partial charge in [-0.3, -0.25) is 4.79 Å². The zero-order valence-corrected chi connectivity index (χ0v) is 12.1. The zero-order chi connectivity index (χ0) is 13.2. The van der Waals surface area contributed by atoms with E-state index in [0.717, 1.165) is 6.54 Å². The Bertz CT molecular complexity index is 300. The smallest absolute Gasteiger partial charge is 0.307 e. The molecule has 2 rings (SSSR count). The predicted molar refractivity (Wildman–Crippen MR) is 72.4 cm³/mol. The molecule has 1 aliphatic heterocycles. The van der Waals surface area contributed by atoms with Gasteiger partial charge in [0.05, 0.1) is 6.42 Å². The maximum absolute atomic E-state index is 11.7. The van der Waals surface area contributed by atoms with Gasteiger partial charge in [-0.15, -0.1) is 0 Å². The van der Waals surface area contributed by atoms with Crippen LogP contribution in [0.25, 0.3) is 0 Å². The fraction of sp³-hybridized carbons (Fsp3) is 0.933. The Morgan fingerprint density at radius 2 is 1.89 bits per heavy atom. The van der Waals surface area contributed by atoms with Gasteiger partial charge in [0.15, 0.2) is 0 Å². The first-order chi connectivity index (χ1) is 8.39. The van der Waals surface area contributed by atoms with E-state index in [1.807, 2.05) is 20.8 Å². The lowest BCUT2D eigenvalue weighted by atomic mass is 9.86. The molecule has 0 aromatic rings. The van der Waals surface area contributed by atoms with E-state index in [0.29, 0.717) is 11.8 Å². The number of rotatable bonds is 3. The minimum atomic E-state index is -0.352. The average molecular weight is 253 g/mol. The molecule has 18 heavy (non-hydrogen) atoms. The van der Waals surface area contributed by atoms with Crippen LogP contribution >= 0.6 is 0 Å². The third kappa shape index (κ3) is 3.71. The highest BCUT2D eigenvalue weighted by atomic mass is 16.6. The molecule has 0 amide bonds. The first-order valence-corrected chi connectivity index (χ1v) is 7.33. The fourth-order valence-corrected chi connectivity index (χ4v) is 3.39. The maximum atomic E-state index is 11.7. The van der Waals surface area contributed by atoms with Crippen molar-refractivity contribution in [2.75, 3.05) is 19.6 Å². The second-order valence-corrected chi connectivity index (χ2v) is 7.07. The van der Waals surface area contributed by atoms with E-state index in [1.165, 1.54) is 45.2 Å². The van der Waals surface area contributed by atoms with Crippen molar-refractivity contribution in [3.63, 3.8) is 0 Å². The molecule has 0 aromatic heterocycles. The van der Waals surface area contributed by atoms with E-state index in [4.69, 9.17) is 4.74 Å². The summed E-state index contributed by atoms with van der Waals surface area (Å²) >= 11 is 0. The van der Waals surface area contributed by atoms with Gasteiger partial charge in [0.25, 0.3) is 0 Å². The van der Waals surface area contributed by atoms with Crippen LogP contribution in [-0.4, -0.2) is 36.1 Å². The molecule has 2 fully saturated rings. The van der Waals surface area contributed by atoms with Crippen molar-refractivity contribution in [1.82, 2.24) is 4.90 Å². The van der Waals surface area contributed by atoms with E-state index in [9.17, 15) is 4.79 Å². The van der Waals surface area contributed by atoms with Gasteiger partial charge in [0.1, 0.15) is 5.60 Å². The third-order valence-corrected chi connectivity index (χ3v) is 4.23. The summed E-state index contributed by atoms with van der Waals surface area (Å²) in [4.78, 5) is 14.1. The van der Waals surface area contributed by atoms with Crippen molar-refractivity contribution in [2.24, 2.45) is 5.41 Å². The Hall–Kier alpha value is -0.570. The largest absolute Gasteiger partial charge is 0.460 e. The van der Waals surface area contributed by atoms with Crippen LogP contribution < -0.4 is 0 Å². The second-order valence-electron chi connectivity index (χ2n) is 7.07. The number of hydrogen-bond donors (Lipinski definition) is 0. The standard InChI is InChI=1S/C15H27NO2/c1-14(2,3)18-13(17)6-10-16-11-9-15(12-16)7-4-5-8-15/h4-12H2,1-3H3. The number of nitrogens with zero attached hydrogens (tertiary/aromatic N) is 1. The molecule has 0 bridgehead atoms. The summed E-state index contributed by atoms with van der Waals surface area (Å²) in [6.45, 7) is 9.02. The Labute approximate surface area is 111 Å². The van der Waals surface area contributed by atoms with Gasteiger partial charge >= 0.3 is 5.97 Å². The Morgan fingerprint density at radius 3 is 2.50 bits per heavy atom. The molecule has 1 saturated carbocycles. The van der Waals surface area contributed by atoms with Gasteiger partial charge in [-0.25, -0.2) is 0 Å². The summed E-state index contributed by atoms with van der Waals surface area (Å²) in [7, 11) is 0. The number of ether oxygens (including phenoxy) is 1. The number of carbonyl (C=O) groups is 1. The zero-order valence-electron chi connectivity index (χ0n) is 12.1.